The Hall–Kier alpha value is -0.0800. The van der Waals surface area contributed by atoms with E-state index in [1.165, 1.54) is 38.5 Å². The van der Waals surface area contributed by atoms with Gasteiger partial charge in [0.05, 0.1) is 0 Å². The van der Waals surface area contributed by atoms with Gasteiger partial charge in [-0.05, 0) is 0 Å². The Balaban J connectivity index is 0. The van der Waals surface area contributed by atoms with Crippen LogP contribution in [-0.2, 0) is 0 Å². The van der Waals surface area contributed by atoms with Crippen molar-refractivity contribution in [1.82, 2.24) is 0 Å². The Bertz CT molecular complexity index is 40.8. The van der Waals surface area contributed by atoms with Gasteiger partial charge in [0, 0.05) is 6.67 Å². The molecule has 0 bridgehead atoms. The molecule has 0 saturated carbocycles. The summed E-state index contributed by atoms with van der Waals surface area (Å²) in [6.45, 7) is 4.76. The molecule has 2 nitrogen and oxygen atoms in total. The maximum Gasteiger partial charge on any atom is 0.0403 e. The third-order valence-electron chi connectivity index (χ3n) is 1.46. The molecule has 70 valence electrons. The summed E-state index contributed by atoms with van der Waals surface area (Å²) in [6, 6.07) is 0. The molecule has 11 heavy (non-hydrogen) atoms. The van der Waals surface area contributed by atoms with Gasteiger partial charge in [0.1, 0.15) is 0 Å². The van der Waals surface area contributed by atoms with Crippen LogP contribution in [0.3, 0.4) is 0 Å². The van der Waals surface area contributed by atoms with E-state index in [0.717, 1.165) is 0 Å². The number of hydrogen-bond acceptors (Lipinski definition) is 2. The van der Waals surface area contributed by atoms with Crippen molar-refractivity contribution in [2.24, 2.45) is 11.5 Å². The maximum absolute atomic E-state index is 4.62. The molecule has 0 spiro atoms. The van der Waals surface area contributed by atoms with Gasteiger partial charge in [0.2, 0.25) is 0 Å². The quantitative estimate of drug-likeness (QED) is 0.478. The Labute approximate surface area is 71.3 Å². The maximum atomic E-state index is 4.62. The first-order valence-corrected chi connectivity index (χ1v) is 4.73. The molecule has 0 heterocycles. The van der Waals surface area contributed by atoms with Crippen LogP contribution in [0.15, 0.2) is 0 Å². The predicted octanol–water partition coefficient (Wildman–Crippen LogP) is 2.23. The van der Waals surface area contributed by atoms with Crippen LogP contribution in [0.1, 0.15) is 52.4 Å². The van der Waals surface area contributed by atoms with Crippen LogP contribution < -0.4 is 11.5 Å². The number of unbranched alkanes of at least 4 members (excludes halogenated alkanes) is 5. The van der Waals surface area contributed by atoms with Crippen LogP contribution in [0.5, 0.6) is 0 Å². The fourth-order valence-corrected chi connectivity index (χ4v) is 0.854. The minimum absolute atomic E-state index is 0.250. The summed E-state index contributed by atoms with van der Waals surface area (Å²) in [5.41, 5.74) is 9.25. The zero-order chi connectivity index (χ0) is 8.95. The van der Waals surface area contributed by atoms with E-state index in [0.29, 0.717) is 0 Å². The van der Waals surface area contributed by atoms with Gasteiger partial charge in [-0.1, -0.05) is 52.4 Å². The van der Waals surface area contributed by atoms with Crippen molar-refractivity contribution in [2.75, 3.05) is 6.67 Å². The molecule has 0 aliphatic rings. The highest BCUT2D eigenvalue weighted by molar-refractivity contribution is 4.39. The largest absolute Gasteiger partial charge is 0.319 e. The predicted molar refractivity (Wildman–Crippen MR) is 52.3 cm³/mol. The summed E-state index contributed by atoms with van der Waals surface area (Å²) in [6.07, 6.45) is 8.49. The first-order chi connectivity index (χ1) is 5.33. The second kappa shape index (κ2) is 16.5. The molecule has 0 rings (SSSR count). The number of hydrogen-bond donors (Lipinski definition) is 2. The van der Waals surface area contributed by atoms with E-state index in [1.54, 1.807) is 0 Å². The lowest BCUT2D eigenvalue weighted by molar-refractivity contribution is 0.624. The number of nitrogens with two attached hydrogens (primary N) is 2. The third-order valence-corrected chi connectivity index (χ3v) is 1.46. The summed E-state index contributed by atoms with van der Waals surface area (Å²) in [5.74, 6) is 0. The second-order valence-corrected chi connectivity index (χ2v) is 2.65. The topological polar surface area (TPSA) is 52.0 Å². The molecule has 0 unspecified atom stereocenters. The zero-order valence-corrected chi connectivity index (χ0v) is 8.10. The van der Waals surface area contributed by atoms with E-state index in [-0.39, 0.29) is 6.67 Å². The average Bonchev–Trinajstić information content (AvgIpc) is 2.00. The first-order valence-electron chi connectivity index (χ1n) is 4.73. The molecule has 2 heteroatoms. The van der Waals surface area contributed by atoms with E-state index < -0.39 is 0 Å². The van der Waals surface area contributed by atoms with Crippen molar-refractivity contribution in [3.63, 3.8) is 0 Å². The zero-order valence-electron chi connectivity index (χ0n) is 8.10. The minimum Gasteiger partial charge on any atom is -0.319 e. The summed E-state index contributed by atoms with van der Waals surface area (Å²) in [5, 5.41) is 0. The monoisotopic (exact) mass is 160 g/mol. The molecule has 0 aliphatic heterocycles. The highest BCUT2D eigenvalue weighted by Gasteiger charge is 1.83. The summed E-state index contributed by atoms with van der Waals surface area (Å²) >= 11 is 0. The van der Waals surface area contributed by atoms with E-state index in [1.807, 2.05) is 0 Å². The van der Waals surface area contributed by atoms with E-state index in [2.05, 4.69) is 25.3 Å². The molecular formula is C9H24N2. The third kappa shape index (κ3) is 25.7. The van der Waals surface area contributed by atoms with Crippen molar-refractivity contribution < 1.29 is 0 Å². The lowest BCUT2D eigenvalue weighted by Crippen LogP contribution is -2.08. The van der Waals surface area contributed by atoms with Crippen molar-refractivity contribution in [1.29, 1.82) is 0 Å². The molecule has 0 radical (unpaired) electrons. The normalized spacial score (nSPS) is 8.73. The van der Waals surface area contributed by atoms with Gasteiger partial charge >= 0.3 is 0 Å². The lowest BCUT2D eigenvalue weighted by Gasteiger charge is -1.93. The molecule has 0 aromatic rings. The molecule has 0 saturated heterocycles. The van der Waals surface area contributed by atoms with Crippen LogP contribution in [0.4, 0.5) is 0 Å². The van der Waals surface area contributed by atoms with Crippen LogP contribution in [0.2, 0.25) is 0 Å². The van der Waals surface area contributed by atoms with Gasteiger partial charge in [0.15, 0.2) is 0 Å². The van der Waals surface area contributed by atoms with E-state index in [9.17, 15) is 0 Å². The van der Waals surface area contributed by atoms with E-state index >= 15 is 0 Å². The van der Waals surface area contributed by atoms with Gasteiger partial charge in [-0.2, -0.15) is 0 Å². The van der Waals surface area contributed by atoms with Crippen molar-refractivity contribution in [2.45, 2.75) is 52.4 Å². The number of rotatable bonds is 5. The molecule has 0 amide bonds. The Kier molecular flexibility index (Phi) is 20.2. The first kappa shape index (κ1) is 13.5. The van der Waals surface area contributed by atoms with Crippen molar-refractivity contribution in [3.8, 4) is 0 Å². The standard InChI is InChI=1S/C8H18.CH6N2/c1-3-5-7-8-6-4-2;2-1-3/h3-8H2,1-2H3;1-3H2. The summed E-state index contributed by atoms with van der Waals surface area (Å²) in [7, 11) is 0. The fourth-order valence-electron chi connectivity index (χ4n) is 0.854. The van der Waals surface area contributed by atoms with E-state index in [4.69, 9.17) is 0 Å². The molecule has 0 aliphatic carbocycles. The highest BCUT2D eigenvalue weighted by Crippen LogP contribution is 2.03. The molecule has 0 aromatic carbocycles. The average molecular weight is 160 g/mol. The van der Waals surface area contributed by atoms with Crippen molar-refractivity contribution >= 4 is 0 Å². The fraction of sp³-hybridized carbons (Fsp3) is 1.00. The smallest absolute Gasteiger partial charge is 0.0403 e. The van der Waals surface area contributed by atoms with Crippen LogP contribution in [-0.4, -0.2) is 6.67 Å². The SMILES string of the molecule is CCCCCCCC.NCN. The molecule has 0 aromatic heterocycles. The Morgan fingerprint density at radius 3 is 1.18 bits per heavy atom. The van der Waals surface area contributed by atoms with Crippen molar-refractivity contribution in [3.05, 3.63) is 0 Å². The molecule has 0 fully saturated rings. The lowest BCUT2D eigenvalue weighted by atomic mass is 10.1. The highest BCUT2D eigenvalue weighted by atomic mass is 14.7. The summed E-state index contributed by atoms with van der Waals surface area (Å²) < 4.78 is 0. The van der Waals surface area contributed by atoms with Crippen LogP contribution in [0, 0.1) is 0 Å². The van der Waals surface area contributed by atoms with Gasteiger partial charge in [-0.3, -0.25) is 0 Å². The second-order valence-electron chi connectivity index (χ2n) is 2.65. The Morgan fingerprint density at radius 2 is 1.00 bits per heavy atom. The molecular weight excluding hydrogens is 136 g/mol. The minimum atomic E-state index is 0.250. The van der Waals surface area contributed by atoms with Crippen LogP contribution >= 0.6 is 0 Å². The van der Waals surface area contributed by atoms with Gasteiger partial charge < -0.3 is 11.5 Å². The molecule has 0 atom stereocenters. The van der Waals surface area contributed by atoms with Gasteiger partial charge in [-0.25, -0.2) is 0 Å². The Morgan fingerprint density at radius 1 is 0.727 bits per heavy atom. The van der Waals surface area contributed by atoms with Gasteiger partial charge in [0.25, 0.3) is 0 Å². The summed E-state index contributed by atoms with van der Waals surface area (Å²) in [4.78, 5) is 0. The molecule has 4 N–H and O–H groups in total. The van der Waals surface area contributed by atoms with Gasteiger partial charge in [-0.15, -0.1) is 0 Å². The van der Waals surface area contributed by atoms with Crippen LogP contribution in [0.25, 0.3) is 0 Å².